The number of carbonyl (C=O) groups excluding carboxylic acids is 4. The monoisotopic (exact) mass is 366 g/mol. The summed E-state index contributed by atoms with van der Waals surface area (Å²) in [6.07, 6.45) is 0. The number of hydrogen-bond donors (Lipinski definition) is 0. The van der Waals surface area contributed by atoms with E-state index in [-0.39, 0.29) is 29.2 Å². The predicted molar refractivity (Wildman–Crippen MR) is 92.0 cm³/mol. The van der Waals surface area contributed by atoms with Crippen LogP contribution in [0.2, 0.25) is 0 Å². The van der Waals surface area contributed by atoms with Gasteiger partial charge in [0.25, 0.3) is 17.7 Å². The molecular weight excluding hydrogens is 352 g/mol. The Kier molecular flexibility index (Phi) is 4.17. The number of carbonyl (C=O) groups is 4. The molecule has 0 N–H and O–H groups in total. The second kappa shape index (κ2) is 6.65. The summed E-state index contributed by atoms with van der Waals surface area (Å²) in [5.74, 6) is -2.47. The summed E-state index contributed by atoms with van der Waals surface area (Å²) >= 11 is 0. The van der Waals surface area contributed by atoms with E-state index >= 15 is 0 Å². The molecular formula is C19H14N2O6. The van der Waals surface area contributed by atoms with Gasteiger partial charge in [-0.15, -0.1) is 0 Å². The lowest BCUT2D eigenvalue weighted by atomic mass is 10.1. The molecule has 27 heavy (non-hydrogen) atoms. The molecule has 0 radical (unpaired) electrons. The molecule has 4 rings (SSSR count). The van der Waals surface area contributed by atoms with E-state index in [1.165, 1.54) is 29.2 Å². The van der Waals surface area contributed by atoms with Gasteiger partial charge in [-0.25, -0.2) is 4.79 Å². The molecule has 0 bridgehead atoms. The van der Waals surface area contributed by atoms with Crippen molar-refractivity contribution in [1.82, 2.24) is 5.06 Å². The maximum atomic E-state index is 12.5. The van der Waals surface area contributed by atoms with Gasteiger partial charge in [0, 0.05) is 12.2 Å². The van der Waals surface area contributed by atoms with E-state index in [1.807, 2.05) is 0 Å². The normalized spacial score (nSPS) is 16.5. The lowest BCUT2D eigenvalue weighted by molar-refractivity contribution is -0.125. The summed E-state index contributed by atoms with van der Waals surface area (Å²) in [4.78, 5) is 55.5. The number of hydroxylamine groups is 2. The van der Waals surface area contributed by atoms with Crippen molar-refractivity contribution in [3.8, 4) is 0 Å². The van der Waals surface area contributed by atoms with E-state index in [0.717, 1.165) is 0 Å². The SMILES string of the molecule is O=C(ON1C(=O)c2ccccc2C1=O)c1cccc(N2CCOCC2=O)c1. The molecule has 1 fully saturated rings. The summed E-state index contributed by atoms with van der Waals surface area (Å²) in [7, 11) is 0. The van der Waals surface area contributed by atoms with E-state index in [4.69, 9.17) is 9.57 Å². The minimum Gasteiger partial charge on any atom is -0.370 e. The molecule has 8 heteroatoms. The van der Waals surface area contributed by atoms with Gasteiger partial charge in [0.2, 0.25) is 0 Å². The second-order valence-corrected chi connectivity index (χ2v) is 5.98. The van der Waals surface area contributed by atoms with Gasteiger partial charge in [0.1, 0.15) is 6.61 Å². The molecule has 2 aliphatic heterocycles. The molecule has 0 aliphatic carbocycles. The third kappa shape index (κ3) is 2.96. The molecule has 0 atom stereocenters. The zero-order chi connectivity index (χ0) is 19.0. The second-order valence-electron chi connectivity index (χ2n) is 5.98. The van der Waals surface area contributed by atoms with Gasteiger partial charge in [-0.1, -0.05) is 23.3 Å². The van der Waals surface area contributed by atoms with Crippen LogP contribution >= 0.6 is 0 Å². The van der Waals surface area contributed by atoms with E-state index < -0.39 is 17.8 Å². The molecule has 2 aromatic carbocycles. The minimum absolute atomic E-state index is 0.0241. The number of hydrogen-bond acceptors (Lipinski definition) is 6. The van der Waals surface area contributed by atoms with Crippen LogP contribution in [0.3, 0.4) is 0 Å². The van der Waals surface area contributed by atoms with Crippen molar-refractivity contribution in [2.24, 2.45) is 0 Å². The molecule has 2 aromatic rings. The number of fused-ring (bicyclic) bond motifs is 1. The molecule has 0 saturated carbocycles. The first-order valence-corrected chi connectivity index (χ1v) is 8.24. The predicted octanol–water partition coefficient (Wildman–Crippen LogP) is 1.42. The molecule has 3 amide bonds. The lowest BCUT2D eigenvalue weighted by Gasteiger charge is -2.27. The standard InChI is InChI=1S/C19H14N2O6/c22-16-11-26-9-8-20(16)13-5-3-4-12(10-13)19(25)27-21-17(23)14-6-1-2-7-15(14)18(21)24/h1-7,10H,8-9,11H2. The van der Waals surface area contributed by atoms with Crippen LogP contribution in [0.5, 0.6) is 0 Å². The van der Waals surface area contributed by atoms with Gasteiger partial charge in [-0.05, 0) is 30.3 Å². The summed E-state index contributed by atoms with van der Waals surface area (Å²) in [5, 5.41) is 0.458. The molecule has 0 aromatic heterocycles. The van der Waals surface area contributed by atoms with Crippen molar-refractivity contribution in [3.05, 3.63) is 65.2 Å². The topological polar surface area (TPSA) is 93.2 Å². The Bertz CT molecular complexity index is 935. The van der Waals surface area contributed by atoms with Crippen molar-refractivity contribution in [2.75, 3.05) is 24.7 Å². The molecule has 136 valence electrons. The maximum absolute atomic E-state index is 12.5. The van der Waals surface area contributed by atoms with Gasteiger partial charge >= 0.3 is 5.97 Å². The van der Waals surface area contributed by atoms with Gasteiger partial charge in [0.05, 0.1) is 23.3 Å². The minimum atomic E-state index is -0.868. The maximum Gasteiger partial charge on any atom is 0.364 e. The van der Waals surface area contributed by atoms with E-state index in [0.29, 0.717) is 23.9 Å². The fourth-order valence-corrected chi connectivity index (χ4v) is 2.98. The van der Waals surface area contributed by atoms with Crippen molar-refractivity contribution in [1.29, 1.82) is 0 Å². The molecule has 0 unspecified atom stereocenters. The van der Waals surface area contributed by atoms with Gasteiger partial charge in [0.15, 0.2) is 0 Å². The molecule has 8 nitrogen and oxygen atoms in total. The first-order valence-electron chi connectivity index (χ1n) is 8.24. The third-order valence-electron chi connectivity index (χ3n) is 4.31. The van der Waals surface area contributed by atoms with Crippen LogP contribution in [0.15, 0.2) is 48.5 Å². The lowest BCUT2D eigenvalue weighted by Crippen LogP contribution is -2.41. The Labute approximate surface area is 153 Å². The number of morpholine rings is 1. The van der Waals surface area contributed by atoms with E-state index in [1.54, 1.807) is 24.3 Å². The molecule has 2 heterocycles. The Morgan fingerprint density at radius 2 is 1.67 bits per heavy atom. The van der Waals surface area contributed by atoms with Crippen LogP contribution in [0.4, 0.5) is 5.69 Å². The Balaban J connectivity index is 1.54. The quantitative estimate of drug-likeness (QED) is 0.763. The fraction of sp³-hybridized carbons (Fsp3) is 0.158. The third-order valence-corrected chi connectivity index (χ3v) is 4.31. The molecule has 1 saturated heterocycles. The highest BCUT2D eigenvalue weighted by Gasteiger charge is 2.38. The van der Waals surface area contributed by atoms with Crippen LogP contribution in [-0.4, -0.2) is 48.5 Å². The van der Waals surface area contributed by atoms with Crippen LogP contribution in [0, 0.1) is 0 Å². The summed E-state index contributed by atoms with van der Waals surface area (Å²) < 4.78 is 5.09. The van der Waals surface area contributed by atoms with Crippen molar-refractivity contribution >= 4 is 29.4 Å². The van der Waals surface area contributed by atoms with Crippen LogP contribution in [0.25, 0.3) is 0 Å². The smallest absolute Gasteiger partial charge is 0.364 e. The largest absolute Gasteiger partial charge is 0.370 e. The Morgan fingerprint density at radius 1 is 0.963 bits per heavy atom. The number of amides is 3. The van der Waals surface area contributed by atoms with E-state index in [9.17, 15) is 19.2 Å². The average Bonchev–Trinajstić information content (AvgIpc) is 2.93. The summed E-state index contributed by atoms with van der Waals surface area (Å²) in [6.45, 7) is 0.745. The highest BCUT2D eigenvalue weighted by atomic mass is 16.7. The molecule has 0 spiro atoms. The van der Waals surface area contributed by atoms with Crippen molar-refractivity contribution in [2.45, 2.75) is 0 Å². The van der Waals surface area contributed by atoms with Gasteiger partial charge in [-0.3, -0.25) is 14.4 Å². The van der Waals surface area contributed by atoms with Crippen LogP contribution in [0.1, 0.15) is 31.1 Å². The Morgan fingerprint density at radius 3 is 2.33 bits per heavy atom. The van der Waals surface area contributed by atoms with Gasteiger partial charge in [-0.2, -0.15) is 0 Å². The van der Waals surface area contributed by atoms with E-state index in [2.05, 4.69) is 0 Å². The average molecular weight is 366 g/mol. The molecule has 2 aliphatic rings. The van der Waals surface area contributed by atoms with Gasteiger partial charge < -0.3 is 14.5 Å². The zero-order valence-electron chi connectivity index (χ0n) is 14.1. The van der Waals surface area contributed by atoms with Crippen LogP contribution in [-0.2, 0) is 14.4 Å². The van der Waals surface area contributed by atoms with Crippen LogP contribution < -0.4 is 4.90 Å². The summed E-state index contributed by atoms with van der Waals surface area (Å²) in [5.41, 5.74) is 0.995. The first kappa shape index (κ1) is 16.9. The number of benzene rings is 2. The zero-order valence-corrected chi connectivity index (χ0v) is 14.1. The number of ether oxygens (including phenoxy) is 1. The van der Waals surface area contributed by atoms with Crippen molar-refractivity contribution in [3.63, 3.8) is 0 Å². The number of nitrogens with zero attached hydrogens (tertiary/aromatic N) is 2. The van der Waals surface area contributed by atoms with Crippen molar-refractivity contribution < 1.29 is 28.8 Å². The fourth-order valence-electron chi connectivity index (χ4n) is 2.98. The number of rotatable bonds is 3. The Hall–Kier alpha value is -3.52. The highest BCUT2D eigenvalue weighted by molar-refractivity contribution is 6.21. The number of anilines is 1. The highest BCUT2D eigenvalue weighted by Crippen LogP contribution is 2.24. The number of imide groups is 1. The summed E-state index contributed by atoms with van der Waals surface area (Å²) in [6, 6.07) is 12.5. The first-order chi connectivity index (χ1) is 13.1.